The Morgan fingerprint density at radius 3 is 1.38 bits per heavy atom. The highest BCUT2D eigenvalue weighted by molar-refractivity contribution is 5.79. The van der Waals surface area contributed by atoms with Gasteiger partial charge in [0, 0.05) is 83.2 Å². The van der Waals surface area contributed by atoms with Gasteiger partial charge in [0.25, 0.3) is 0 Å². The maximum Gasteiger partial charge on any atom is 0.319 e. The molecule has 1 rings (SSSR count). The van der Waals surface area contributed by atoms with Crippen molar-refractivity contribution in [3.8, 4) is 0 Å². The first kappa shape index (κ1) is 44.4. The van der Waals surface area contributed by atoms with Gasteiger partial charge in [0.2, 0.25) is 0 Å². The number of pyridine rings is 1. The first-order chi connectivity index (χ1) is 14.7. The predicted molar refractivity (Wildman–Crippen MR) is 154 cm³/mol. The highest BCUT2D eigenvalue weighted by Crippen LogP contribution is 1.95. The van der Waals surface area contributed by atoms with Gasteiger partial charge in [0.1, 0.15) is 5.82 Å². The van der Waals surface area contributed by atoms with Crippen molar-refractivity contribution in [3.63, 3.8) is 0 Å². The van der Waals surface area contributed by atoms with Crippen molar-refractivity contribution in [1.82, 2.24) is 36.1 Å². The molecule has 11 nitrogen and oxygen atoms in total. The highest BCUT2D eigenvalue weighted by atomic mass is 16.2. The predicted octanol–water partition coefficient (Wildman–Crippen LogP) is 2.47. The van der Waals surface area contributed by atoms with Crippen molar-refractivity contribution in [2.24, 2.45) is 9.98 Å². The normalized spacial score (nSPS) is 7.38. The number of hydrogen-bond donors (Lipinski definition) is 5. The molecule has 0 aliphatic rings. The lowest BCUT2D eigenvalue weighted by molar-refractivity contribution is 0.184. The molecule has 0 saturated heterocycles. The summed E-state index contributed by atoms with van der Waals surface area (Å²) in [4.78, 5) is 25.8. The number of amides is 2. The monoisotopic (exact) mass is 488 g/mol. The number of rotatable bonds is 2. The molecule has 0 atom stereocenters. The summed E-state index contributed by atoms with van der Waals surface area (Å²) >= 11 is 0. The van der Waals surface area contributed by atoms with Gasteiger partial charge in [-0.25, -0.2) is 9.78 Å². The van der Waals surface area contributed by atoms with Gasteiger partial charge < -0.3 is 36.4 Å². The van der Waals surface area contributed by atoms with Crippen LogP contribution in [-0.4, -0.2) is 110 Å². The second-order valence-corrected chi connectivity index (χ2v) is 5.80. The van der Waals surface area contributed by atoms with Crippen LogP contribution in [0, 0.1) is 0 Å². The van der Waals surface area contributed by atoms with Crippen molar-refractivity contribution >= 4 is 23.8 Å². The van der Waals surface area contributed by atoms with E-state index in [-0.39, 0.29) is 28.3 Å². The van der Waals surface area contributed by atoms with Crippen LogP contribution in [0.2, 0.25) is 0 Å². The first-order valence-electron chi connectivity index (χ1n) is 9.88. The summed E-state index contributed by atoms with van der Waals surface area (Å²) in [5.41, 5.74) is 0. The molecule has 0 aliphatic heterocycles. The lowest BCUT2D eigenvalue weighted by Gasteiger charge is -2.19. The van der Waals surface area contributed by atoms with Gasteiger partial charge in [-0.3, -0.25) is 9.98 Å². The van der Waals surface area contributed by atoms with Gasteiger partial charge in [-0.15, -0.1) is 0 Å². The Balaban J connectivity index is -0.0000000750. The van der Waals surface area contributed by atoms with Crippen molar-refractivity contribution in [1.29, 1.82) is 0 Å². The zero-order chi connectivity index (χ0) is 24.7. The van der Waals surface area contributed by atoms with Crippen molar-refractivity contribution in [2.75, 3.05) is 82.3 Å². The van der Waals surface area contributed by atoms with Crippen LogP contribution in [0.4, 0.5) is 10.6 Å². The van der Waals surface area contributed by atoms with Crippen LogP contribution in [0.5, 0.6) is 0 Å². The van der Waals surface area contributed by atoms with Crippen LogP contribution < -0.4 is 26.6 Å². The van der Waals surface area contributed by atoms with Crippen LogP contribution in [0.3, 0.4) is 0 Å². The molecule has 0 fully saturated rings. The summed E-state index contributed by atoms with van der Waals surface area (Å²) in [6, 6.07) is 5.80. The Morgan fingerprint density at radius 1 is 0.853 bits per heavy atom. The van der Waals surface area contributed by atoms with E-state index in [4.69, 9.17) is 0 Å². The van der Waals surface area contributed by atoms with E-state index in [0.29, 0.717) is 0 Å². The molecule has 34 heavy (non-hydrogen) atoms. The SMILES string of the molecule is C.C.C.CCN(C)C(=O)N(C)C.CN=C(NC)NC.CN=C(NC)NC.CNc1ccccn1. The molecule has 0 radical (unpaired) electrons. The van der Waals surface area contributed by atoms with Crippen LogP contribution in [0.1, 0.15) is 29.2 Å². The number of guanidine groups is 2. The second-order valence-electron chi connectivity index (χ2n) is 5.80. The number of hydrogen-bond acceptors (Lipinski definition) is 5. The zero-order valence-electron chi connectivity index (χ0n) is 21.2. The molecule has 11 heteroatoms. The average Bonchev–Trinajstić information content (AvgIpc) is 2.82. The van der Waals surface area contributed by atoms with E-state index in [2.05, 4.69) is 41.6 Å². The van der Waals surface area contributed by atoms with E-state index < -0.39 is 0 Å². The number of nitrogens with one attached hydrogen (secondary N) is 5. The van der Waals surface area contributed by atoms with Crippen LogP contribution in [-0.2, 0) is 0 Å². The van der Waals surface area contributed by atoms with Crippen molar-refractivity contribution < 1.29 is 4.79 Å². The van der Waals surface area contributed by atoms with Crippen LogP contribution in [0.15, 0.2) is 34.4 Å². The Kier molecular flexibility index (Phi) is 41.7. The maximum absolute atomic E-state index is 10.9. The average molecular weight is 489 g/mol. The Bertz CT molecular complexity index is 561. The molecule has 0 bridgehead atoms. The summed E-state index contributed by atoms with van der Waals surface area (Å²) in [6.07, 6.45) is 1.76. The zero-order valence-corrected chi connectivity index (χ0v) is 21.2. The Hall–Kier alpha value is -3.24. The van der Waals surface area contributed by atoms with Gasteiger partial charge in [0.15, 0.2) is 11.9 Å². The summed E-state index contributed by atoms with van der Waals surface area (Å²) < 4.78 is 0. The van der Waals surface area contributed by atoms with Gasteiger partial charge in [0.05, 0.1) is 0 Å². The van der Waals surface area contributed by atoms with Crippen molar-refractivity contribution in [2.45, 2.75) is 29.2 Å². The third-order valence-corrected chi connectivity index (χ3v) is 3.50. The molecule has 204 valence electrons. The molecule has 0 saturated carbocycles. The third-order valence-electron chi connectivity index (χ3n) is 3.50. The second kappa shape index (κ2) is 31.9. The molecule has 1 aromatic rings. The fourth-order valence-corrected chi connectivity index (χ4v) is 1.68. The minimum Gasteiger partial charge on any atom is -0.373 e. The van der Waals surface area contributed by atoms with E-state index in [0.717, 1.165) is 24.3 Å². The Morgan fingerprint density at radius 2 is 1.26 bits per heavy atom. The maximum atomic E-state index is 10.9. The number of urea groups is 1. The largest absolute Gasteiger partial charge is 0.373 e. The number of carbonyl (C=O) groups is 1. The minimum atomic E-state index is 0. The summed E-state index contributed by atoms with van der Waals surface area (Å²) in [6.45, 7) is 2.71. The molecule has 0 aliphatic carbocycles. The van der Waals surface area contributed by atoms with Crippen LogP contribution in [0.25, 0.3) is 0 Å². The van der Waals surface area contributed by atoms with E-state index in [1.54, 1.807) is 51.2 Å². The third kappa shape index (κ3) is 26.8. The molecule has 0 spiro atoms. The fraction of sp³-hybridized carbons (Fsp3) is 0.652. The van der Waals surface area contributed by atoms with E-state index in [1.807, 2.05) is 60.4 Å². The van der Waals surface area contributed by atoms with Gasteiger partial charge in [-0.1, -0.05) is 28.3 Å². The van der Waals surface area contributed by atoms with Gasteiger partial charge >= 0.3 is 6.03 Å². The summed E-state index contributed by atoms with van der Waals surface area (Å²) in [5.74, 6) is 2.52. The topological polar surface area (TPSA) is 121 Å². The Labute approximate surface area is 210 Å². The fourth-order valence-electron chi connectivity index (χ4n) is 1.68. The minimum absolute atomic E-state index is 0. The smallest absolute Gasteiger partial charge is 0.319 e. The number of nitrogens with zero attached hydrogens (tertiary/aromatic N) is 5. The molecule has 0 aromatic carbocycles. The number of carbonyl (C=O) groups excluding carboxylic acids is 1. The lowest BCUT2D eigenvalue weighted by atomic mass is 10.5. The van der Waals surface area contributed by atoms with Gasteiger partial charge in [-0.2, -0.15) is 0 Å². The first-order valence-corrected chi connectivity index (χ1v) is 9.88. The summed E-state index contributed by atoms with van der Waals surface area (Å²) in [5, 5.41) is 14.3. The molecule has 0 unspecified atom stereocenters. The molecular weight excluding hydrogens is 432 g/mol. The van der Waals surface area contributed by atoms with E-state index in [9.17, 15) is 4.79 Å². The van der Waals surface area contributed by atoms with E-state index >= 15 is 0 Å². The van der Waals surface area contributed by atoms with Crippen LogP contribution >= 0.6 is 0 Å². The number of anilines is 1. The number of aromatic nitrogens is 1. The molecule has 1 aromatic heterocycles. The molecule has 1 heterocycles. The van der Waals surface area contributed by atoms with Gasteiger partial charge in [-0.05, 0) is 19.1 Å². The lowest BCUT2D eigenvalue weighted by Crippen LogP contribution is -2.35. The molecular formula is C23H56N10O. The van der Waals surface area contributed by atoms with Crippen molar-refractivity contribution in [3.05, 3.63) is 24.4 Å². The molecule has 2 amide bonds. The van der Waals surface area contributed by atoms with E-state index in [1.165, 1.54) is 0 Å². The summed E-state index contributed by atoms with van der Waals surface area (Å²) in [7, 11) is 17.8. The highest BCUT2D eigenvalue weighted by Gasteiger charge is 2.06. The standard InChI is InChI=1S/C6H14N2O.C6H8N2.2C4H11N3.3CH4/c1-5-8(4)6(9)7(2)3;1-7-6-4-2-3-5-8-6;2*1-5-4(6-2)7-3;;;/h5H2,1-4H3;2-5H,1H3,(H,7,8);2*1-3H3,(H2,5,6,7);3*1H4. The number of aliphatic imine (C=N–C) groups is 2. The quantitative estimate of drug-likeness (QED) is 0.320. The molecule has 5 N–H and O–H groups in total.